The Bertz CT molecular complexity index is 379. The number of hydrogen-bond acceptors (Lipinski definition) is 3. The molecule has 0 aliphatic rings. The van der Waals surface area contributed by atoms with Gasteiger partial charge in [0.05, 0.1) is 12.5 Å². The lowest BCUT2D eigenvalue weighted by Crippen LogP contribution is -2.43. The number of benzene rings is 1. The minimum Gasteiger partial charge on any atom is -0.368 e. The number of carbonyl (C=O) groups is 2. The Morgan fingerprint density at radius 3 is 2.47 bits per heavy atom. The van der Waals surface area contributed by atoms with E-state index in [-0.39, 0.29) is 12.3 Å². The molecule has 4 N–H and O–H groups in total. The summed E-state index contributed by atoms with van der Waals surface area (Å²) in [6.45, 7) is 0.505. The average Bonchev–Trinajstić information content (AvgIpc) is 2.35. The number of rotatable bonds is 6. The molecule has 0 saturated heterocycles. The lowest BCUT2D eigenvalue weighted by molar-refractivity contribution is -0.126. The molecule has 0 radical (unpaired) electrons. The Morgan fingerprint density at radius 1 is 1.29 bits per heavy atom. The van der Waals surface area contributed by atoms with Crippen molar-refractivity contribution in [1.29, 1.82) is 0 Å². The van der Waals surface area contributed by atoms with Crippen molar-refractivity contribution in [3.63, 3.8) is 0 Å². The Kier molecular flexibility index (Phi) is 5.16. The highest BCUT2D eigenvalue weighted by Crippen LogP contribution is 1.99. The summed E-state index contributed by atoms with van der Waals surface area (Å²) in [7, 11) is 1.53. The Balaban J connectivity index is 2.50. The van der Waals surface area contributed by atoms with Crippen molar-refractivity contribution in [2.45, 2.75) is 19.0 Å². The van der Waals surface area contributed by atoms with Gasteiger partial charge in [-0.2, -0.15) is 0 Å². The molecule has 0 fully saturated rings. The zero-order valence-corrected chi connectivity index (χ0v) is 9.77. The molecule has 0 saturated carbocycles. The van der Waals surface area contributed by atoms with Crippen molar-refractivity contribution in [1.82, 2.24) is 10.6 Å². The van der Waals surface area contributed by atoms with Crippen LogP contribution in [0.3, 0.4) is 0 Å². The largest absolute Gasteiger partial charge is 0.368 e. The van der Waals surface area contributed by atoms with Crippen LogP contribution in [-0.2, 0) is 16.1 Å². The number of hydrogen-bond donors (Lipinski definition) is 3. The van der Waals surface area contributed by atoms with Gasteiger partial charge in [-0.1, -0.05) is 30.3 Å². The van der Waals surface area contributed by atoms with E-state index in [4.69, 9.17) is 5.73 Å². The summed E-state index contributed by atoms with van der Waals surface area (Å²) in [6, 6.07) is 8.97. The van der Waals surface area contributed by atoms with Crippen LogP contribution in [0.5, 0.6) is 0 Å². The lowest BCUT2D eigenvalue weighted by Gasteiger charge is -2.14. The van der Waals surface area contributed by atoms with Gasteiger partial charge in [-0.3, -0.25) is 9.59 Å². The molecule has 1 atom stereocenters. The number of carbonyl (C=O) groups excluding carboxylic acids is 2. The van der Waals surface area contributed by atoms with Gasteiger partial charge in [0.2, 0.25) is 11.8 Å². The van der Waals surface area contributed by atoms with Crippen LogP contribution in [0.25, 0.3) is 0 Å². The van der Waals surface area contributed by atoms with Gasteiger partial charge in [-0.25, -0.2) is 0 Å². The van der Waals surface area contributed by atoms with Gasteiger partial charge >= 0.3 is 0 Å². The van der Waals surface area contributed by atoms with Gasteiger partial charge in [0.15, 0.2) is 0 Å². The van der Waals surface area contributed by atoms with Crippen molar-refractivity contribution < 1.29 is 9.59 Å². The van der Waals surface area contributed by atoms with Crippen LogP contribution in [0, 0.1) is 0 Å². The molecule has 5 heteroatoms. The second-order valence-corrected chi connectivity index (χ2v) is 3.70. The van der Waals surface area contributed by atoms with Gasteiger partial charge in [-0.05, 0) is 5.56 Å². The summed E-state index contributed by atoms with van der Waals surface area (Å²) in [6.07, 6.45) is 0.0542. The van der Waals surface area contributed by atoms with E-state index in [1.807, 2.05) is 30.3 Å². The fraction of sp³-hybridized carbons (Fsp3) is 0.333. The van der Waals surface area contributed by atoms with Gasteiger partial charge in [0, 0.05) is 13.6 Å². The fourth-order valence-corrected chi connectivity index (χ4v) is 1.40. The van der Waals surface area contributed by atoms with E-state index in [1.54, 1.807) is 0 Å². The topological polar surface area (TPSA) is 84.2 Å². The first-order chi connectivity index (χ1) is 8.13. The molecule has 5 nitrogen and oxygen atoms in total. The van der Waals surface area contributed by atoms with Crippen LogP contribution in [0.4, 0.5) is 0 Å². The summed E-state index contributed by atoms with van der Waals surface area (Å²) in [4.78, 5) is 22.3. The highest BCUT2D eigenvalue weighted by molar-refractivity contribution is 5.87. The van der Waals surface area contributed by atoms with E-state index >= 15 is 0 Å². The molecule has 2 amide bonds. The molecule has 1 unspecified atom stereocenters. The van der Waals surface area contributed by atoms with Crippen LogP contribution in [0.2, 0.25) is 0 Å². The van der Waals surface area contributed by atoms with E-state index in [0.29, 0.717) is 6.54 Å². The van der Waals surface area contributed by atoms with Crippen molar-refractivity contribution in [3.8, 4) is 0 Å². The molecule has 0 heterocycles. The molecule has 1 rings (SSSR count). The third-order valence-electron chi connectivity index (χ3n) is 2.41. The maximum Gasteiger partial charge on any atom is 0.235 e. The third kappa shape index (κ3) is 4.65. The molecule has 1 aromatic carbocycles. The van der Waals surface area contributed by atoms with Crippen LogP contribution in [0.15, 0.2) is 30.3 Å². The van der Waals surface area contributed by atoms with E-state index in [1.165, 1.54) is 7.05 Å². The standard InChI is InChI=1S/C12H17N3O2/c1-14-11(16)7-10(12(13)17)15-8-9-5-3-2-4-6-9/h2-6,10,15H,7-8H2,1H3,(H2,13,17)(H,14,16). The van der Waals surface area contributed by atoms with Gasteiger partial charge < -0.3 is 16.4 Å². The van der Waals surface area contributed by atoms with E-state index in [0.717, 1.165) is 5.56 Å². The van der Waals surface area contributed by atoms with Crippen molar-refractivity contribution in [2.24, 2.45) is 5.73 Å². The van der Waals surface area contributed by atoms with Crippen LogP contribution >= 0.6 is 0 Å². The lowest BCUT2D eigenvalue weighted by atomic mass is 10.1. The maximum absolute atomic E-state index is 11.2. The Morgan fingerprint density at radius 2 is 1.94 bits per heavy atom. The first-order valence-electron chi connectivity index (χ1n) is 5.40. The number of primary amides is 1. The smallest absolute Gasteiger partial charge is 0.235 e. The molecule has 0 aromatic heterocycles. The van der Waals surface area contributed by atoms with Crippen LogP contribution in [0.1, 0.15) is 12.0 Å². The number of nitrogens with two attached hydrogens (primary N) is 1. The van der Waals surface area contributed by atoms with Gasteiger partial charge in [-0.15, -0.1) is 0 Å². The molecule has 0 aliphatic heterocycles. The molecular weight excluding hydrogens is 218 g/mol. The minimum atomic E-state index is -0.643. The summed E-state index contributed by atoms with van der Waals surface area (Å²) < 4.78 is 0. The summed E-state index contributed by atoms with van der Waals surface area (Å²) in [5, 5.41) is 5.43. The van der Waals surface area contributed by atoms with Crippen molar-refractivity contribution >= 4 is 11.8 Å². The van der Waals surface area contributed by atoms with Crippen molar-refractivity contribution in [3.05, 3.63) is 35.9 Å². The molecule has 1 aromatic rings. The quantitative estimate of drug-likeness (QED) is 0.636. The summed E-state index contributed by atoms with van der Waals surface area (Å²) in [5.41, 5.74) is 6.26. The van der Waals surface area contributed by atoms with Crippen LogP contribution < -0.4 is 16.4 Å². The summed E-state index contributed by atoms with van der Waals surface area (Å²) in [5.74, 6) is -0.737. The van der Waals surface area contributed by atoms with E-state index in [2.05, 4.69) is 10.6 Å². The molecular formula is C12H17N3O2. The highest BCUT2D eigenvalue weighted by atomic mass is 16.2. The number of amides is 2. The molecule has 0 aliphatic carbocycles. The Hall–Kier alpha value is -1.88. The van der Waals surface area contributed by atoms with Crippen LogP contribution in [-0.4, -0.2) is 24.9 Å². The predicted molar refractivity (Wildman–Crippen MR) is 64.9 cm³/mol. The SMILES string of the molecule is CNC(=O)CC(NCc1ccccc1)C(N)=O. The van der Waals surface area contributed by atoms with Gasteiger partial charge in [0.25, 0.3) is 0 Å². The second-order valence-electron chi connectivity index (χ2n) is 3.70. The average molecular weight is 235 g/mol. The first-order valence-corrected chi connectivity index (χ1v) is 5.40. The van der Waals surface area contributed by atoms with E-state index in [9.17, 15) is 9.59 Å². The second kappa shape index (κ2) is 6.65. The third-order valence-corrected chi connectivity index (χ3v) is 2.41. The number of nitrogens with one attached hydrogen (secondary N) is 2. The normalized spacial score (nSPS) is 11.8. The summed E-state index contributed by atoms with van der Waals surface area (Å²) >= 11 is 0. The van der Waals surface area contributed by atoms with E-state index < -0.39 is 11.9 Å². The van der Waals surface area contributed by atoms with Crippen molar-refractivity contribution in [2.75, 3.05) is 7.05 Å². The first kappa shape index (κ1) is 13.2. The zero-order chi connectivity index (χ0) is 12.7. The highest BCUT2D eigenvalue weighted by Gasteiger charge is 2.17. The maximum atomic E-state index is 11.2. The zero-order valence-electron chi connectivity index (χ0n) is 9.77. The molecule has 0 spiro atoms. The predicted octanol–water partition coefficient (Wildman–Crippen LogP) is -0.234. The Labute approximate surface area is 100 Å². The minimum absolute atomic E-state index is 0.0542. The molecule has 0 bridgehead atoms. The monoisotopic (exact) mass is 235 g/mol. The molecule has 17 heavy (non-hydrogen) atoms. The molecule has 92 valence electrons. The van der Waals surface area contributed by atoms with Gasteiger partial charge in [0.1, 0.15) is 0 Å². The fourth-order valence-electron chi connectivity index (χ4n) is 1.40.